The van der Waals surface area contributed by atoms with Gasteiger partial charge in [0.15, 0.2) is 0 Å². The van der Waals surface area contributed by atoms with Gasteiger partial charge < -0.3 is 30.3 Å². The van der Waals surface area contributed by atoms with Crippen LogP contribution in [0.4, 0.5) is 4.79 Å². The molecule has 0 bridgehead atoms. The lowest BCUT2D eigenvalue weighted by Crippen LogP contribution is -2.49. The highest BCUT2D eigenvalue weighted by Crippen LogP contribution is 2.24. The highest BCUT2D eigenvalue weighted by Gasteiger charge is 2.30. The van der Waals surface area contributed by atoms with Gasteiger partial charge in [-0.05, 0) is 32.4 Å². The van der Waals surface area contributed by atoms with Crippen LogP contribution in [0.2, 0.25) is 0 Å². The molecule has 2 aliphatic heterocycles. The molecule has 1 unspecified atom stereocenters. The third kappa shape index (κ3) is 7.88. The van der Waals surface area contributed by atoms with Gasteiger partial charge in [0, 0.05) is 18.9 Å². The molecule has 2 aliphatic rings. The summed E-state index contributed by atoms with van der Waals surface area (Å²) in [5, 5.41) is 12.5. The van der Waals surface area contributed by atoms with Crippen molar-refractivity contribution in [3.8, 4) is 0 Å². The number of hydrogen-bond donors (Lipinski definition) is 3. The lowest BCUT2D eigenvalue weighted by atomic mass is 9.90. The average Bonchev–Trinajstić information content (AvgIpc) is 3.19. The lowest BCUT2D eigenvalue weighted by molar-refractivity contribution is -0.143. The molecule has 2 rings (SSSR count). The maximum Gasteiger partial charge on any atom is 0.407 e. The van der Waals surface area contributed by atoms with Gasteiger partial charge in [-0.15, -0.1) is 0 Å². The van der Waals surface area contributed by atoms with Gasteiger partial charge in [0.2, 0.25) is 5.91 Å². The zero-order valence-corrected chi connectivity index (χ0v) is 17.2. The van der Waals surface area contributed by atoms with Crippen molar-refractivity contribution in [1.82, 2.24) is 16.0 Å². The Morgan fingerprint density at radius 2 is 2.07 bits per heavy atom. The summed E-state index contributed by atoms with van der Waals surface area (Å²) >= 11 is 0. The second kappa shape index (κ2) is 12.3. The molecule has 0 radical (unpaired) electrons. The van der Waals surface area contributed by atoms with Crippen LogP contribution in [-0.4, -0.2) is 69.2 Å². The summed E-state index contributed by atoms with van der Waals surface area (Å²) in [6.07, 6.45) is 3.43. The van der Waals surface area contributed by atoms with Crippen molar-refractivity contribution in [3.05, 3.63) is 0 Å². The van der Waals surface area contributed by atoms with E-state index >= 15 is 0 Å². The van der Waals surface area contributed by atoms with Crippen LogP contribution in [0.3, 0.4) is 0 Å². The molecular formula is C19H32N4O6. The molecular weight excluding hydrogens is 380 g/mol. The fourth-order valence-electron chi connectivity index (χ4n) is 3.28. The molecule has 1 saturated heterocycles. The van der Waals surface area contributed by atoms with Crippen LogP contribution >= 0.6 is 0 Å². The third-order valence-corrected chi connectivity index (χ3v) is 4.99. The highest BCUT2D eigenvalue weighted by atomic mass is 16.6. The van der Waals surface area contributed by atoms with E-state index in [1.165, 1.54) is 7.11 Å². The highest BCUT2D eigenvalue weighted by molar-refractivity contribution is 5.89. The minimum atomic E-state index is -1.02. The maximum atomic E-state index is 12.2. The predicted octanol–water partition coefficient (Wildman–Crippen LogP) is 0.705. The number of amides is 2. The first kappa shape index (κ1) is 22.9. The molecule has 10 nitrogen and oxygen atoms in total. The number of oxime groups is 1. The Kier molecular flexibility index (Phi) is 9.69. The molecule has 2 heterocycles. The summed E-state index contributed by atoms with van der Waals surface area (Å²) in [4.78, 5) is 41.3. The van der Waals surface area contributed by atoms with E-state index in [9.17, 15) is 14.4 Å². The summed E-state index contributed by atoms with van der Waals surface area (Å²) in [5.74, 6) is -0.533. The minimum absolute atomic E-state index is 0.0941. The molecule has 10 heteroatoms. The number of unbranched alkanes of at least 4 members (excludes halogenated alkanes) is 1. The van der Waals surface area contributed by atoms with E-state index in [0.717, 1.165) is 44.5 Å². The molecule has 2 amide bonds. The average molecular weight is 412 g/mol. The normalized spacial score (nSPS) is 20.2. The van der Waals surface area contributed by atoms with Crippen LogP contribution in [-0.2, 0) is 23.9 Å². The van der Waals surface area contributed by atoms with E-state index in [0.29, 0.717) is 12.3 Å². The Hall–Kier alpha value is -2.36. The molecule has 0 aromatic rings. The van der Waals surface area contributed by atoms with Crippen molar-refractivity contribution in [3.63, 3.8) is 0 Å². The monoisotopic (exact) mass is 412 g/mol. The second-order valence-electron chi connectivity index (χ2n) is 7.26. The Balaban J connectivity index is 1.72. The Bertz CT molecular complexity index is 591. The predicted molar refractivity (Wildman–Crippen MR) is 105 cm³/mol. The molecule has 2 atom stereocenters. The van der Waals surface area contributed by atoms with E-state index in [2.05, 4.69) is 25.8 Å². The Morgan fingerprint density at radius 3 is 2.76 bits per heavy atom. The minimum Gasteiger partial charge on any atom is -0.467 e. The van der Waals surface area contributed by atoms with E-state index in [-0.39, 0.29) is 31.6 Å². The number of piperidine rings is 1. The van der Waals surface area contributed by atoms with Crippen molar-refractivity contribution in [2.24, 2.45) is 11.1 Å². The molecule has 0 aliphatic carbocycles. The molecule has 164 valence electrons. The van der Waals surface area contributed by atoms with Gasteiger partial charge in [0.05, 0.1) is 25.8 Å². The van der Waals surface area contributed by atoms with E-state index < -0.39 is 18.1 Å². The lowest BCUT2D eigenvalue weighted by Gasteiger charge is -2.21. The van der Waals surface area contributed by atoms with E-state index in [1.54, 1.807) is 0 Å². The molecule has 3 N–H and O–H groups in total. The number of rotatable bonds is 10. The maximum absolute atomic E-state index is 12.2. The molecule has 0 aromatic carbocycles. The van der Waals surface area contributed by atoms with Crippen molar-refractivity contribution in [2.75, 3.05) is 33.4 Å². The number of nitrogens with zero attached hydrogens (tertiary/aromatic N) is 1. The molecule has 0 saturated carbocycles. The first-order valence-electron chi connectivity index (χ1n) is 10.2. The molecule has 0 spiro atoms. The van der Waals surface area contributed by atoms with Crippen molar-refractivity contribution >= 4 is 23.7 Å². The molecule has 0 aromatic heterocycles. The van der Waals surface area contributed by atoms with Crippen molar-refractivity contribution in [2.45, 2.75) is 57.6 Å². The number of esters is 1. The van der Waals surface area contributed by atoms with Crippen molar-refractivity contribution in [1.29, 1.82) is 0 Å². The quantitative estimate of drug-likeness (QED) is 0.356. The third-order valence-electron chi connectivity index (χ3n) is 4.99. The van der Waals surface area contributed by atoms with Gasteiger partial charge >= 0.3 is 12.1 Å². The number of carbonyl (C=O) groups excluding carboxylic acids is 3. The summed E-state index contributed by atoms with van der Waals surface area (Å²) in [6.45, 7) is 4.09. The molecule has 29 heavy (non-hydrogen) atoms. The number of methoxy groups -OCH3 is 1. The largest absolute Gasteiger partial charge is 0.467 e. The van der Waals surface area contributed by atoms with E-state index in [4.69, 9.17) is 9.57 Å². The summed E-state index contributed by atoms with van der Waals surface area (Å²) in [7, 11) is 1.22. The van der Waals surface area contributed by atoms with Crippen LogP contribution in [0.15, 0.2) is 5.16 Å². The van der Waals surface area contributed by atoms with Crippen LogP contribution in [0.5, 0.6) is 0 Å². The summed E-state index contributed by atoms with van der Waals surface area (Å²) in [6, 6.07) is -1.02. The second-order valence-corrected chi connectivity index (χ2v) is 7.26. The zero-order valence-electron chi connectivity index (χ0n) is 17.2. The number of nitrogens with one attached hydrogen (secondary N) is 3. The Labute approximate surface area is 171 Å². The fraction of sp³-hybridized carbons (Fsp3) is 0.789. The number of carbonyl (C=O) groups is 3. The van der Waals surface area contributed by atoms with Gasteiger partial charge in [-0.2, -0.15) is 0 Å². The standard InChI is InChI=1S/C19H32N4O6/c1-3-4-9-28-19(26)22-16(18(25)27-2)12-21-17(24)11-14-10-15(23-29-14)13-5-7-20-8-6-13/h13-14,16,20H,3-12H2,1-2H3,(H,21,24)(H,22,26)/t14?,16-/m0/s1. The number of ether oxygens (including phenoxy) is 2. The SMILES string of the molecule is CCCCOC(=O)N[C@@H](CNC(=O)CC1CC(C2CCNCC2)=NO1)C(=O)OC. The van der Waals surface area contributed by atoms with Crippen LogP contribution in [0, 0.1) is 5.92 Å². The van der Waals surface area contributed by atoms with E-state index in [1.807, 2.05) is 6.92 Å². The first-order chi connectivity index (χ1) is 14.0. The van der Waals surface area contributed by atoms with Gasteiger partial charge in [-0.3, -0.25) is 4.79 Å². The number of alkyl carbamates (subject to hydrolysis) is 1. The summed E-state index contributed by atoms with van der Waals surface area (Å²) in [5.41, 5.74) is 1.02. The Morgan fingerprint density at radius 1 is 1.31 bits per heavy atom. The van der Waals surface area contributed by atoms with Crippen LogP contribution in [0.25, 0.3) is 0 Å². The van der Waals surface area contributed by atoms with Gasteiger partial charge in [0.25, 0.3) is 0 Å². The van der Waals surface area contributed by atoms with Crippen LogP contribution in [0.1, 0.15) is 45.4 Å². The van der Waals surface area contributed by atoms with Crippen molar-refractivity contribution < 1.29 is 28.7 Å². The van der Waals surface area contributed by atoms with Crippen LogP contribution < -0.4 is 16.0 Å². The number of hydrogen-bond acceptors (Lipinski definition) is 8. The topological polar surface area (TPSA) is 127 Å². The summed E-state index contributed by atoms with van der Waals surface area (Å²) < 4.78 is 9.66. The molecule has 1 fully saturated rings. The van der Waals surface area contributed by atoms with Gasteiger partial charge in [-0.1, -0.05) is 18.5 Å². The zero-order chi connectivity index (χ0) is 21.1. The smallest absolute Gasteiger partial charge is 0.407 e. The fourth-order valence-corrected chi connectivity index (χ4v) is 3.28. The van der Waals surface area contributed by atoms with Gasteiger partial charge in [0.1, 0.15) is 12.1 Å². The van der Waals surface area contributed by atoms with Gasteiger partial charge in [-0.25, -0.2) is 9.59 Å². The first-order valence-corrected chi connectivity index (χ1v) is 10.2.